The van der Waals surface area contributed by atoms with Crippen molar-refractivity contribution in [2.45, 2.75) is 20.4 Å². The van der Waals surface area contributed by atoms with Crippen molar-refractivity contribution in [3.05, 3.63) is 10.0 Å². The molecule has 0 bridgehead atoms. The van der Waals surface area contributed by atoms with Crippen LogP contribution in [0.2, 0.25) is 4.34 Å². The summed E-state index contributed by atoms with van der Waals surface area (Å²) in [5, 5.41) is 3.98. The van der Waals surface area contributed by atoms with Crippen molar-refractivity contribution in [1.82, 2.24) is 14.5 Å². The van der Waals surface area contributed by atoms with Crippen molar-refractivity contribution in [2.24, 2.45) is 11.1 Å². The van der Waals surface area contributed by atoms with E-state index >= 15 is 0 Å². The smallest absolute Gasteiger partial charge is 0.138 e. The van der Waals surface area contributed by atoms with Gasteiger partial charge in [-0.25, -0.2) is 0 Å². The predicted octanol–water partition coefficient (Wildman–Crippen LogP) is 1.61. The Morgan fingerprint density at radius 2 is 2.20 bits per heavy atom. The zero-order chi connectivity index (χ0) is 11.5. The maximum absolute atomic E-state index is 5.93. The molecule has 86 valence electrons. The van der Waals surface area contributed by atoms with Crippen LogP contribution < -0.4 is 5.73 Å². The molecule has 0 aliphatic heterocycles. The molecular weight excluding hydrogens is 232 g/mol. The predicted molar refractivity (Wildman–Crippen MR) is 64.1 cm³/mol. The first-order chi connectivity index (χ1) is 6.94. The highest BCUT2D eigenvalue weighted by Crippen LogP contribution is 2.20. The molecule has 0 spiro atoms. The summed E-state index contributed by atoms with van der Waals surface area (Å²) in [6.45, 7) is 6.59. The Balaban J connectivity index is 2.50. The van der Waals surface area contributed by atoms with Crippen molar-refractivity contribution >= 4 is 23.1 Å². The van der Waals surface area contributed by atoms with E-state index in [0.717, 1.165) is 18.8 Å². The quantitative estimate of drug-likeness (QED) is 0.860. The molecular formula is C9H17ClN4S. The molecule has 0 unspecified atom stereocenters. The average Bonchev–Trinajstić information content (AvgIpc) is 2.51. The molecule has 0 aliphatic rings. The molecule has 0 amide bonds. The minimum Gasteiger partial charge on any atom is -0.330 e. The maximum Gasteiger partial charge on any atom is 0.138 e. The van der Waals surface area contributed by atoms with E-state index in [1.54, 1.807) is 0 Å². The molecule has 1 aromatic heterocycles. The second-order valence-corrected chi connectivity index (χ2v) is 5.89. The van der Waals surface area contributed by atoms with Gasteiger partial charge in [-0.1, -0.05) is 29.9 Å². The molecule has 15 heavy (non-hydrogen) atoms. The Hall–Kier alpha value is -0.230. The van der Waals surface area contributed by atoms with E-state index in [1.165, 1.54) is 11.5 Å². The van der Waals surface area contributed by atoms with Crippen LogP contribution >= 0.6 is 23.1 Å². The molecule has 2 N–H and O–H groups in total. The molecule has 0 aromatic carbocycles. The van der Waals surface area contributed by atoms with Gasteiger partial charge in [0.2, 0.25) is 0 Å². The third kappa shape index (κ3) is 4.03. The fourth-order valence-electron chi connectivity index (χ4n) is 1.40. The normalized spacial score (nSPS) is 12.4. The van der Waals surface area contributed by atoms with Crippen LogP contribution in [0.15, 0.2) is 0 Å². The summed E-state index contributed by atoms with van der Waals surface area (Å²) in [4.78, 5) is 2.16. The summed E-state index contributed by atoms with van der Waals surface area (Å²) in [5.41, 5.74) is 6.64. The van der Waals surface area contributed by atoms with Gasteiger partial charge in [-0.2, -0.15) is 0 Å². The highest BCUT2D eigenvalue weighted by atomic mass is 35.5. The maximum atomic E-state index is 5.93. The summed E-state index contributed by atoms with van der Waals surface area (Å²) in [6.07, 6.45) is 0. The standard InChI is InChI=1S/C9H17ClN4S/c1-9(2,5-11)6-14(3)4-7-8(10)15-13-12-7/h4-6,11H2,1-3H3. The Bertz CT molecular complexity index is 313. The van der Waals surface area contributed by atoms with Gasteiger partial charge in [0.25, 0.3) is 0 Å². The minimum atomic E-state index is 0.116. The third-order valence-electron chi connectivity index (χ3n) is 2.18. The first-order valence-electron chi connectivity index (χ1n) is 4.80. The summed E-state index contributed by atoms with van der Waals surface area (Å²) < 4.78 is 4.47. The second-order valence-electron chi connectivity index (χ2n) is 4.53. The second kappa shape index (κ2) is 5.21. The van der Waals surface area contributed by atoms with Gasteiger partial charge in [-0.3, -0.25) is 4.90 Å². The zero-order valence-electron chi connectivity index (χ0n) is 9.33. The molecule has 1 aromatic rings. The Morgan fingerprint density at radius 3 is 2.67 bits per heavy atom. The largest absolute Gasteiger partial charge is 0.330 e. The van der Waals surface area contributed by atoms with Crippen molar-refractivity contribution < 1.29 is 0 Å². The lowest BCUT2D eigenvalue weighted by atomic mass is 9.93. The lowest BCUT2D eigenvalue weighted by molar-refractivity contribution is 0.208. The van der Waals surface area contributed by atoms with Crippen LogP contribution in [-0.2, 0) is 6.54 Å². The van der Waals surface area contributed by atoms with Gasteiger partial charge in [0.05, 0.1) is 0 Å². The van der Waals surface area contributed by atoms with E-state index in [2.05, 4.69) is 28.3 Å². The number of hydrogen-bond acceptors (Lipinski definition) is 5. The first kappa shape index (κ1) is 12.8. The van der Waals surface area contributed by atoms with Crippen molar-refractivity contribution in [2.75, 3.05) is 20.1 Å². The van der Waals surface area contributed by atoms with Gasteiger partial charge in [-0.15, -0.1) is 5.10 Å². The van der Waals surface area contributed by atoms with Crippen LogP contribution in [0.5, 0.6) is 0 Å². The summed E-state index contributed by atoms with van der Waals surface area (Å²) in [5.74, 6) is 0. The number of nitrogens with two attached hydrogens (primary N) is 1. The van der Waals surface area contributed by atoms with Gasteiger partial charge >= 0.3 is 0 Å². The minimum absolute atomic E-state index is 0.116. The van der Waals surface area contributed by atoms with Crippen LogP contribution in [0.3, 0.4) is 0 Å². The highest BCUT2D eigenvalue weighted by Gasteiger charge is 2.19. The molecule has 0 fully saturated rings. The Labute approximate surface area is 99.6 Å². The van der Waals surface area contributed by atoms with Gasteiger partial charge < -0.3 is 5.73 Å². The number of halogens is 1. The fourth-order valence-corrected chi connectivity index (χ4v) is 2.01. The summed E-state index contributed by atoms with van der Waals surface area (Å²) in [6, 6.07) is 0. The van der Waals surface area contributed by atoms with Crippen molar-refractivity contribution in [3.63, 3.8) is 0 Å². The van der Waals surface area contributed by atoms with Crippen LogP contribution in [0.1, 0.15) is 19.5 Å². The van der Waals surface area contributed by atoms with E-state index in [-0.39, 0.29) is 5.41 Å². The SMILES string of the molecule is CN(Cc1nnsc1Cl)CC(C)(C)CN. The molecule has 1 rings (SSSR count). The highest BCUT2D eigenvalue weighted by molar-refractivity contribution is 7.10. The Morgan fingerprint density at radius 1 is 1.53 bits per heavy atom. The Kier molecular flexibility index (Phi) is 4.45. The molecule has 0 radical (unpaired) electrons. The molecule has 0 saturated carbocycles. The van der Waals surface area contributed by atoms with Crippen molar-refractivity contribution in [3.8, 4) is 0 Å². The van der Waals surface area contributed by atoms with Crippen LogP contribution in [0.25, 0.3) is 0 Å². The monoisotopic (exact) mass is 248 g/mol. The van der Waals surface area contributed by atoms with Crippen molar-refractivity contribution in [1.29, 1.82) is 0 Å². The third-order valence-corrected chi connectivity index (χ3v) is 3.16. The number of nitrogens with zero attached hydrogens (tertiary/aromatic N) is 3. The van der Waals surface area contributed by atoms with Gasteiger partial charge in [0.1, 0.15) is 10.0 Å². The average molecular weight is 249 g/mol. The molecule has 0 atom stereocenters. The van der Waals surface area contributed by atoms with E-state index in [0.29, 0.717) is 10.9 Å². The topological polar surface area (TPSA) is 55.0 Å². The van der Waals surface area contributed by atoms with Gasteiger partial charge in [0, 0.05) is 24.6 Å². The summed E-state index contributed by atoms with van der Waals surface area (Å²) >= 11 is 7.15. The van der Waals surface area contributed by atoms with Crippen LogP contribution in [0, 0.1) is 5.41 Å². The molecule has 0 aliphatic carbocycles. The van der Waals surface area contributed by atoms with E-state index < -0.39 is 0 Å². The van der Waals surface area contributed by atoms with Crippen LogP contribution in [0.4, 0.5) is 0 Å². The lowest BCUT2D eigenvalue weighted by Gasteiger charge is -2.28. The first-order valence-corrected chi connectivity index (χ1v) is 5.95. The summed E-state index contributed by atoms with van der Waals surface area (Å²) in [7, 11) is 2.03. The van der Waals surface area contributed by atoms with E-state index in [4.69, 9.17) is 17.3 Å². The molecule has 4 nitrogen and oxygen atoms in total. The number of hydrogen-bond donors (Lipinski definition) is 1. The van der Waals surface area contributed by atoms with E-state index in [1.807, 2.05) is 7.05 Å². The number of rotatable bonds is 5. The van der Waals surface area contributed by atoms with E-state index in [9.17, 15) is 0 Å². The molecule has 1 heterocycles. The van der Waals surface area contributed by atoms with Gasteiger partial charge in [-0.05, 0) is 19.0 Å². The number of aromatic nitrogens is 2. The van der Waals surface area contributed by atoms with Crippen LogP contribution in [-0.4, -0.2) is 34.6 Å². The molecule has 0 saturated heterocycles. The fraction of sp³-hybridized carbons (Fsp3) is 0.778. The van der Waals surface area contributed by atoms with Gasteiger partial charge in [0.15, 0.2) is 0 Å². The lowest BCUT2D eigenvalue weighted by Crippen LogP contribution is -2.36. The zero-order valence-corrected chi connectivity index (χ0v) is 10.9. The molecule has 6 heteroatoms.